The summed E-state index contributed by atoms with van der Waals surface area (Å²) in [6.07, 6.45) is 19.8. The lowest BCUT2D eigenvalue weighted by atomic mass is 9.84. The van der Waals surface area contributed by atoms with Crippen LogP contribution in [0.5, 0.6) is 0 Å². The summed E-state index contributed by atoms with van der Waals surface area (Å²) in [5.74, 6) is -1.60. The van der Waals surface area contributed by atoms with Crippen LogP contribution in [0, 0.1) is 11.6 Å². The zero-order valence-corrected chi connectivity index (χ0v) is 24.9. The highest BCUT2D eigenvalue weighted by atomic mass is 19.2. The highest BCUT2D eigenvalue weighted by Crippen LogP contribution is 2.37. The summed E-state index contributed by atoms with van der Waals surface area (Å²) in [5, 5.41) is 0. The molecule has 1 unspecified atom stereocenters. The molecule has 1 nitrogen and oxygen atoms in total. The molecule has 0 fully saturated rings. The molecule has 0 bridgehead atoms. The molecular weight excluding hydrogens is 510 g/mol. The normalized spacial score (nSPS) is 16.6. The van der Waals surface area contributed by atoms with Gasteiger partial charge in [0.1, 0.15) is 0 Å². The Kier molecular flexibility index (Phi) is 11.9. The second-order valence-electron chi connectivity index (χ2n) is 11.4. The van der Waals surface area contributed by atoms with Gasteiger partial charge in [0.15, 0.2) is 11.6 Å². The van der Waals surface area contributed by atoms with Crippen molar-refractivity contribution in [2.45, 2.75) is 96.5 Å². The van der Waals surface area contributed by atoms with Gasteiger partial charge in [-0.05, 0) is 41.5 Å². The SMILES string of the molecule is CCCCCCCOC1(CCCCCCC)C=CC(c2ccc(-c3ccc(-c4ccccc4)cc3)c(F)c2F)=CC1. The quantitative estimate of drug-likeness (QED) is 0.159. The third-order valence-electron chi connectivity index (χ3n) is 8.27. The molecule has 0 radical (unpaired) electrons. The van der Waals surface area contributed by atoms with E-state index in [-0.39, 0.29) is 11.2 Å². The van der Waals surface area contributed by atoms with Crippen LogP contribution in [0.1, 0.15) is 96.5 Å². The first-order chi connectivity index (χ1) is 20.1. The number of hydrogen-bond donors (Lipinski definition) is 0. The van der Waals surface area contributed by atoms with E-state index in [1.807, 2.05) is 66.7 Å². The van der Waals surface area contributed by atoms with Crippen LogP contribution in [0.15, 0.2) is 85.0 Å². The van der Waals surface area contributed by atoms with Crippen LogP contribution in [-0.4, -0.2) is 12.2 Å². The highest BCUT2D eigenvalue weighted by Gasteiger charge is 2.30. The number of rotatable bonds is 16. The van der Waals surface area contributed by atoms with Gasteiger partial charge in [0, 0.05) is 17.7 Å². The van der Waals surface area contributed by atoms with Gasteiger partial charge in [-0.25, -0.2) is 8.78 Å². The second-order valence-corrected chi connectivity index (χ2v) is 11.4. The van der Waals surface area contributed by atoms with E-state index < -0.39 is 11.6 Å². The smallest absolute Gasteiger partial charge is 0.167 e. The van der Waals surface area contributed by atoms with Gasteiger partial charge in [0.2, 0.25) is 0 Å². The molecule has 1 aliphatic rings. The summed E-state index contributed by atoms with van der Waals surface area (Å²) >= 11 is 0. The summed E-state index contributed by atoms with van der Waals surface area (Å²) < 4.78 is 37.4. The Bertz CT molecular complexity index is 1280. The van der Waals surface area contributed by atoms with Gasteiger partial charge in [0.05, 0.1) is 5.60 Å². The molecule has 3 aromatic carbocycles. The van der Waals surface area contributed by atoms with E-state index >= 15 is 8.78 Å². The fourth-order valence-electron chi connectivity index (χ4n) is 5.70. The number of ether oxygens (including phenoxy) is 1. The Balaban J connectivity index is 1.45. The molecule has 4 rings (SSSR count). The van der Waals surface area contributed by atoms with Crippen molar-refractivity contribution in [2.24, 2.45) is 0 Å². The maximum atomic E-state index is 15.5. The maximum absolute atomic E-state index is 15.5. The summed E-state index contributed by atoms with van der Waals surface area (Å²) in [6.45, 7) is 5.20. The highest BCUT2D eigenvalue weighted by molar-refractivity contribution is 5.78. The molecule has 0 saturated carbocycles. The molecule has 0 aromatic heterocycles. The van der Waals surface area contributed by atoms with Crippen molar-refractivity contribution in [2.75, 3.05) is 6.61 Å². The van der Waals surface area contributed by atoms with E-state index in [2.05, 4.69) is 19.9 Å². The van der Waals surface area contributed by atoms with Crippen LogP contribution >= 0.6 is 0 Å². The molecule has 1 atom stereocenters. The first kappa shape index (κ1) is 30.9. The Labute approximate surface area is 246 Å². The Morgan fingerprint density at radius 3 is 1.88 bits per heavy atom. The first-order valence-corrected chi connectivity index (χ1v) is 15.7. The second kappa shape index (κ2) is 15.8. The Morgan fingerprint density at radius 2 is 1.22 bits per heavy atom. The predicted molar refractivity (Wildman–Crippen MR) is 170 cm³/mol. The average molecular weight is 557 g/mol. The Hall–Kier alpha value is -3.04. The van der Waals surface area contributed by atoms with Crippen LogP contribution in [-0.2, 0) is 4.74 Å². The van der Waals surface area contributed by atoms with Gasteiger partial charge < -0.3 is 4.74 Å². The van der Waals surface area contributed by atoms with Crippen molar-refractivity contribution in [3.63, 3.8) is 0 Å². The first-order valence-electron chi connectivity index (χ1n) is 15.7. The molecule has 3 heteroatoms. The van der Waals surface area contributed by atoms with Crippen molar-refractivity contribution >= 4 is 5.57 Å². The van der Waals surface area contributed by atoms with Gasteiger partial charge in [0.25, 0.3) is 0 Å². The summed E-state index contributed by atoms with van der Waals surface area (Å²) in [7, 11) is 0. The predicted octanol–water partition coefficient (Wildman–Crippen LogP) is 11.7. The van der Waals surface area contributed by atoms with E-state index in [4.69, 9.17) is 4.74 Å². The lowest BCUT2D eigenvalue weighted by molar-refractivity contribution is -0.0165. The van der Waals surface area contributed by atoms with Crippen molar-refractivity contribution in [1.29, 1.82) is 0 Å². The fraction of sp³-hybridized carbons (Fsp3) is 0.421. The molecule has 0 saturated heterocycles. The summed E-state index contributed by atoms with van der Waals surface area (Å²) in [4.78, 5) is 0. The minimum atomic E-state index is -0.805. The van der Waals surface area contributed by atoms with E-state index in [9.17, 15) is 0 Å². The molecule has 0 heterocycles. The van der Waals surface area contributed by atoms with Gasteiger partial charge in [-0.2, -0.15) is 0 Å². The molecule has 41 heavy (non-hydrogen) atoms. The third-order valence-corrected chi connectivity index (χ3v) is 8.27. The van der Waals surface area contributed by atoms with Crippen molar-refractivity contribution in [3.05, 3.63) is 102 Å². The summed E-state index contributed by atoms with van der Waals surface area (Å²) in [5.41, 5.74) is 3.75. The van der Waals surface area contributed by atoms with Gasteiger partial charge >= 0.3 is 0 Å². The minimum Gasteiger partial charge on any atom is -0.371 e. The number of halogens is 2. The van der Waals surface area contributed by atoms with Gasteiger partial charge in [-0.3, -0.25) is 0 Å². The van der Waals surface area contributed by atoms with Crippen molar-refractivity contribution in [1.82, 2.24) is 0 Å². The lowest BCUT2D eigenvalue weighted by Crippen LogP contribution is -2.31. The molecule has 0 aliphatic heterocycles. The number of unbranched alkanes of at least 4 members (excludes halogenated alkanes) is 8. The number of hydrogen-bond acceptors (Lipinski definition) is 1. The topological polar surface area (TPSA) is 9.23 Å². The van der Waals surface area contributed by atoms with Crippen molar-refractivity contribution in [3.8, 4) is 22.3 Å². The zero-order chi connectivity index (χ0) is 28.9. The fourth-order valence-corrected chi connectivity index (χ4v) is 5.70. The van der Waals surface area contributed by atoms with Crippen LogP contribution in [0.2, 0.25) is 0 Å². The van der Waals surface area contributed by atoms with Crippen LogP contribution in [0.3, 0.4) is 0 Å². The van der Waals surface area contributed by atoms with Gasteiger partial charge in [-0.15, -0.1) is 0 Å². The Morgan fingerprint density at radius 1 is 0.634 bits per heavy atom. The van der Waals surface area contributed by atoms with E-state index in [1.165, 1.54) is 51.4 Å². The number of allylic oxidation sites excluding steroid dienone is 2. The summed E-state index contributed by atoms with van der Waals surface area (Å²) in [6, 6.07) is 21.1. The van der Waals surface area contributed by atoms with Crippen LogP contribution in [0.25, 0.3) is 27.8 Å². The monoisotopic (exact) mass is 556 g/mol. The van der Waals surface area contributed by atoms with Gasteiger partial charge in [-0.1, -0.05) is 157 Å². The lowest BCUT2D eigenvalue weighted by Gasteiger charge is -2.33. The van der Waals surface area contributed by atoms with Crippen molar-refractivity contribution < 1.29 is 13.5 Å². The largest absolute Gasteiger partial charge is 0.371 e. The minimum absolute atomic E-state index is 0.277. The average Bonchev–Trinajstić information content (AvgIpc) is 3.01. The molecule has 218 valence electrons. The molecule has 3 aromatic rings. The van der Waals surface area contributed by atoms with E-state index in [0.29, 0.717) is 17.5 Å². The zero-order valence-electron chi connectivity index (χ0n) is 24.9. The molecule has 0 amide bonds. The molecular formula is C38H46F2O. The standard InChI is InChI=1S/C38H46F2O/c1-3-5-7-9-14-26-38(41-29-15-10-8-6-4-2)27-24-33(25-28-38)35-23-22-34(36(39)37(35)40)32-20-18-31(19-21-32)30-16-12-11-13-17-30/h11-13,16-25,27H,3-10,14-15,26,28-29H2,1-2H3. The maximum Gasteiger partial charge on any atom is 0.167 e. The van der Waals surface area contributed by atoms with Crippen LogP contribution in [0.4, 0.5) is 8.78 Å². The van der Waals surface area contributed by atoms with E-state index in [1.54, 1.807) is 12.1 Å². The molecule has 1 aliphatic carbocycles. The van der Waals surface area contributed by atoms with E-state index in [0.717, 1.165) is 42.6 Å². The van der Waals surface area contributed by atoms with Crippen LogP contribution < -0.4 is 0 Å². The third kappa shape index (κ3) is 8.49. The number of benzene rings is 3. The molecule has 0 N–H and O–H groups in total. The molecule has 0 spiro atoms.